The van der Waals surface area contributed by atoms with Gasteiger partial charge >= 0.3 is 5.97 Å². The molecule has 3 aromatic rings. The van der Waals surface area contributed by atoms with E-state index in [0.29, 0.717) is 24.3 Å². The molecule has 0 saturated carbocycles. The number of hydrogen-bond donors (Lipinski definition) is 0. The highest BCUT2D eigenvalue weighted by molar-refractivity contribution is 7.89. The SMILES string of the molecule is O=C(OCc1nc2ccccc2o1)c1cc(S(=O)(=O)N2CCOCC2)ccc1Cl. The van der Waals surface area contributed by atoms with Gasteiger partial charge in [-0.1, -0.05) is 23.7 Å². The Morgan fingerprint density at radius 3 is 2.69 bits per heavy atom. The van der Waals surface area contributed by atoms with Crippen molar-refractivity contribution in [2.75, 3.05) is 26.3 Å². The first kappa shape index (κ1) is 19.8. The number of carbonyl (C=O) groups excluding carboxylic acids is 1. The number of aromatic nitrogens is 1. The fourth-order valence-electron chi connectivity index (χ4n) is 2.94. The summed E-state index contributed by atoms with van der Waals surface area (Å²) in [5.41, 5.74) is 1.18. The predicted octanol–water partition coefficient (Wildman–Crippen LogP) is 2.86. The number of halogens is 1. The van der Waals surface area contributed by atoms with Gasteiger partial charge in [0.15, 0.2) is 12.2 Å². The van der Waals surface area contributed by atoms with E-state index in [2.05, 4.69) is 4.98 Å². The highest BCUT2D eigenvalue weighted by atomic mass is 35.5. The third-order valence-corrected chi connectivity index (χ3v) is 6.65. The number of carbonyl (C=O) groups is 1. The number of para-hydroxylation sites is 2. The smallest absolute Gasteiger partial charge is 0.340 e. The second-order valence-corrected chi connectivity index (χ2v) is 8.65. The van der Waals surface area contributed by atoms with Crippen LogP contribution < -0.4 is 0 Å². The fraction of sp³-hybridized carbons (Fsp3) is 0.263. The van der Waals surface area contributed by atoms with Crippen molar-refractivity contribution in [2.45, 2.75) is 11.5 Å². The van der Waals surface area contributed by atoms with Gasteiger partial charge in [-0.05, 0) is 30.3 Å². The molecule has 1 fully saturated rings. The van der Waals surface area contributed by atoms with E-state index >= 15 is 0 Å². The maximum absolute atomic E-state index is 12.8. The van der Waals surface area contributed by atoms with Gasteiger partial charge < -0.3 is 13.9 Å². The number of fused-ring (bicyclic) bond motifs is 1. The molecule has 1 aliphatic heterocycles. The Balaban J connectivity index is 1.52. The molecule has 29 heavy (non-hydrogen) atoms. The molecule has 0 spiro atoms. The lowest BCUT2D eigenvalue weighted by Crippen LogP contribution is -2.40. The summed E-state index contributed by atoms with van der Waals surface area (Å²) in [6.07, 6.45) is 0. The lowest BCUT2D eigenvalue weighted by molar-refractivity contribution is 0.0440. The predicted molar refractivity (Wildman–Crippen MR) is 104 cm³/mol. The molecule has 0 amide bonds. The Morgan fingerprint density at radius 2 is 1.93 bits per heavy atom. The third kappa shape index (κ3) is 4.13. The van der Waals surface area contributed by atoms with Crippen LogP contribution in [0.5, 0.6) is 0 Å². The molecular formula is C19H17ClN2O6S. The third-order valence-electron chi connectivity index (χ3n) is 4.43. The van der Waals surface area contributed by atoms with Crippen LogP contribution in [0.25, 0.3) is 11.1 Å². The number of ether oxygens (including phenoxy) is 2. The molecule has 1 aromatic heterocycles. The quantitative estimate of drug-likeness (QED) is 0.567. The number of esters is 1. The van der Waals surface area contributed by atoms with Crippen molar-refractivity contribution < 1.29 is 27.1 Å². The van der Waals surface area contributed by atoms with Gasteiger partial charge in [0, 0.05) is 13.1 Å². The minimum absolute atomic E-state index is 0.0300. The Bertz CT molecular complexity index is 1120. The summed E-state index contributed by atoms with van der Waals surface area (Å²) in [6.45, 7) is 0.952. The highest BCUT2D eigenvalue weighted by Crippen LogP contribution is 2.25. The molecule has 152 valence electrons. The normalized spacial score (nSPS) is 15.5. The van der Waals surface area contributed by atoms with Crippen LogP contribution in [-0.2, 0) is 26.1 Å². The number of nitrogens with zero attached hydrogens (tertiary/aromatic N) is 2. The maximum atomic E-state index is 12.8. The van der Waals surface area contributed by atoms with Crippen molar-refractivity contribution in [2.24, 2.45) is 0 Å². The van der Waals surface area contributed by atoms with Crippen molar-refractivity contribution in [3.05, 3.63) is 58.9 Å². The molecule has 0 unspecified atom stereocenters. The van der Waals surface area contributed by atoms with E-state index in [4.69, 9.17) is 25.5 Å². The van der Waals surface area contributed by atoms with Crippen LogP contribution in [0.15, 0.2) is 51.8 Å². The fourth-order valence-corrected chi connectivity index (χ4v) is 4.57. The Hall–Kier alpha value is -2.46. The molecule has 0 atom stereocenters. The number of benzene rings is 2. The van der Waals surface area contributed by atoms with Crippen molar-refractivity contribution >= 4 is 38.7 Å². The molecule has 0 radical (unpaired) electrons. The van der Waals surface area contributed by atoms with Crippen LogP contribution >= 0.6 is 11.6 Å². The average Bonchev–Trinajstić information content (AvgIpc) is 3.16. The molecule has 2 heterocycles. The van der Waals surface area contributed by atoms with E-state index in [1.807, 2.05) is 12.1 Å². The van der Waals surface area contributed by atoms with Crippen molar-refractivity contribution in [3.63, 3.8) is 0 Å². The van der Waals surface area contributed by atoms with Gasteiger partial charge in [0.05, 0.1) is 28.7 Å². The first-order valence-electron chi connectivity index (χ1n) is 8.84. The molecule has 2 aromatic carbocycles. The van der Waals surface area contributed by atoms with Crippen LogP contribution in [-0.4, -0.2) is 50.0 Å². The molecular weight excluding hydrogens is 420 g/mol. The van der Waals surface area contributed by atoms with Crippen molar-refractivity contribution in [1.82, 2.24) is 9.29 Å². The van der Waals surface area contributed by atoms with Crippen molar-refractivity contribution in [1.29, 1.82) is 0 Å². The number of oxazole rings is 1. The van der Waals surface area contributed by atoms with Gasteiger partial charge in [0.1, 0.15) is 5.52 Å². The first-order chi connectivity index (χ1) is 13.9. The van der Waals surface area contributed by atoms with Gasteiger partial charge in [-0.15, -0.1) is 0 Å². The number of sulfonamides is 1. The first-order valence-corrected chi connectivity index (χ1v) is 10.7. The summed E-state index contributed by atoms with van der Waals surface area (Å²) >= 11 is 6.10. The molecule has 10 heteroatoms. The van der Waals surface area contributed by atoms with Crippen LogP contribution in [0.2, 0.25) is 5.02 Å². The number of morpholine rings is 1. The Kier molecular flexibility index (Phi) is 5.55. The van der Waals surface area contributed by atoms with Crippen LogP contribution in [0.4, 0.5) is 0 Å². The average molecular weight is 437 g/mol. The molecule has 1 aliphatic rings. The van der Waals surface area contributed by atoms with Gasteiger partial charge in [-0.3, -0.25) is 0 Å². The molecule has 0 bridgehead atoms. The maximum Gasteiger partial charge on any atom is 0.340 e. The van der Waals surface area contributed by atoms with Gasteiger partial charge in [0.25, 0.3) is 0 Å². The highest BCUT2D eigenvalue weighted by Gasteiger charge is 2.28. The Labute approximate surface area is 172 Å². The second kappa shape index (κ2) is 8.11. The summed E-state index contributed by atoms with van der Waals surface area (Å²) in [7, 11) is -3.76. The standard InChI is InChI=1S/C19H17ClN2O6S/c20-15-6-5-13(29(24,25)22-7-9-26-10-8-22)11-14(15)19(23)27-12-18-21-16-3-1-2-4-17(16)28-18/h1-6,11H,7-10,12H2. The van der Waals surface area contributed by atoms with E-state index < -0.39 is 16.0 Å². The summed E-state index contributed by atoms with van der Waals surface area (Å²) in [5.74, 6) is -0.538. The van der Waals surface area contributed by atoms with Crippen LogP contribution in [0, 0.1) is 0 Å². The van der Waals surface area contributed by atoms with Crippen LogP contribution in [0.1, 0.15) is 16.2 Å². The van der Waals surface area contributed by atoms with Gasteiger partial charge in [0.2, 0.25) is 15.9 Å². The number of rotatable bonds is 5. The van der Waals surface area contributed by atoms with Crippen LogP contribution in [0.3, 0.4) is 0 Å². The Morgan fingerprint density at radius 1 is 1.17 bits per heavy atom. The largest absolute Gasteiger partial charge is 0.452 e. The molecule has 1 saturated heterocycles. The lowest BCUT2D eigenvalue weighted by atomic mass is 10.2. The zero-order chi connectivity index (χ0) is 20.4. The monoisotopic (exact) mass is 436 g/mol. The zero-order valence-corrected chi connectivity index (χ0v) is 16.8. The van der Waals surface area contributed by atoms with Crippen molar-refractivity contribution in [3.8, 4) is 0 Å². The van der Waals surface area contributed by atoms with Gasteiger partial charge in [-0.25, -0.2) is 18.2 Å². The molecule has 0 aliphatic carbocycles. The molecule has 8 nitrogen and oxygen atoms in total. The van der Waals surface area contributed by atoms with E-state index in [1.165, 1.54) is 22.5 Å². The topological polar surface area (TPSA) is 98.9 Å². The van der Waals surface area contributed by atoms with E-state index in [9.17, 15) is 13.2 Å². The number of hydrogen-bond acceptors (Lipinski definition) is 7. The van der Waals surface area contributed by atoms with E-state index in [1.54, 1.807) is 12.1 Å². The minimum atomic E-state index is -3.76. The lowest BCUT2D eigenvalue weighted by Gasteiger charge is -2.26. The summed E-state index contributed by atoms with van der Waals surface area (Å²) < 4.78 is 42.8. The minimum Gasteiger partial charge on any atom is -0.452 e. The van der Waals surface area contributed by atoms with E-state index in [-0.39, 0.29) is 41.1 Å². The van der Waals surface area contributed by atoms with E-state index in [0.717, 1.165) is 0 Å². The molecule has 0 N–H and O–H groups in total. The zero-order valence-electron chi connectivity index (χ0n) is 15.2. The molecule has 4 rings (SSSR count). The summed E-state index contributed by atoms with van der Waals surface area (Å²) in [4.78, 5) is 16.7. The van der Waals surface area contributed by atoms with Gasteiger partial charge in [-0.2, -0.15) is 4.31 Å². The summed E-state index contributed by atoms with van der Waals surface area (Å²) in [6, 6.07) is 11.1. The summed E-state index contributed by atoms with van der Waals surface area (Å²) in [5, 5.41) is 0.0912. The second-order valence-electron chi connectivity index (χ2n) is 6.31.